The zero-order valence-corrected chi connectivity index (χ0v) is 35.9. The van der Waals surface area contributed by atoms with Crippen LogP contribution in [-0.2, 0) is 20.9 Å². The van der Waals surface area contributed by atoms with E-state index in [9.17, 15) is 24.0 Å². The Hall–Kier alpha value is -6.33. The van der Waals surface area contributed by atoms with Gasteiger partial charge in [-0.3, -0.25) is 39.3 Å². The predicted octanol–water partition coefficient (Wildman–Crippen LogP) is 5.31. The summed E-state index contributed by atoms with van der Waals surface area (Å²) in [7, 11) is 0. The summed E-state index contributed by atoms with van der Waals surface area (Å²) in [5.41, 5.74) is 5.79. The van der Waals surface area contributed by atoms with Crippen LogP contribution in [0.3, 0.4) is 0 Å². The molecule has 14 heteroatoms. The van der Waals surface area contributed by atoms with Gasteiger partial charge < -0.3 is 20.0 Å². The van der Waals surface area contributed by atoms with Gasteiger partial charge in [0.2, 0.25) is 17.7 Å². The van der Waals surface area contributed by atoms with Gasteiger partial charge in [0.1, 0.15) is 6.04 Å². The maximum Gasteiger partial charge on any atom is 0.255 e. The van der Waals surface area contributed by atoms with Crippen LogP contribution in [0.4, 0.5) is 5.69 Å². The van der Waals surface area contributed by atoms with Crippen LogP contribution in [0.1, 0.15) is 108 Å². The van der Waals surface area contributed by atoms with Crippen molar-refractivity contribution in [1.29, 1.82) is 0 Å². The van der Waals surface area contributed by atoms with Gasteiger partial charge in [0.05, 0.1) is 6.20 Å². The van der Waals surface area contributed by atoms with Crippen LogP contribution in [0.2, 0.25) is 0 Å². The number of likely N-dealkylation sites (tertiary alicyclic amines) is 1. The number of carbonyl (C=O) groups is 5. The third kappa shape index (κ3) is 11.0. The molecule has 2 aromatic carbocycles. The molecule has 0 aliphatic carbocycles. The van der Waals surface area contributed by atoms with Crippen molar-refractivity contribution in [3.8, 4) is 11.8 Å². The van der Waals surface area contributed by atoms with E-state index in [-0.39, 0.29) is 30.0 Å². The molecule has 14 nitrogen and oxygen atoms in total. The van der Waals surface area contributed by atoms with Crippen LogP contribution < -0.4 is 15.5 Å². The van der Waals surface area contributed by atoms with E-state index in [2.05, 4.69) is 59.6 Å². The van der Waals surface area contributed by atoms with E-state index in [0.29, 0.717) is 31.0 Å². The summed E-state index contributed by atoms with van der Waals surface area (Å²) in [5, 5.41) is 13.0. The molecule has 0 saturated carbocycles. The number of piperidine rings is 2. The third-order valence-corrected chi connectivity index (χ3v) is 12.9. The molecule has 0 spiro atoms. The van der Waals surface area contributed by atoms with E-state index >= 15 is 0 Å². The fourth-order valence-corrected chi connectivity index (χ4v) is 9.18. The minimum absolute atomic E-state index is 0.108. The number of nitrogens with zero attached hydrogens (tertiary/aromatic N) is 6. The zero-order chi connectivity index (χ0) is 43.5. The Morgan fingerprint density at radius 3 is 2.52 bits per heavy atom. The second-order valence-electron chi connectivity index (χ2n) is 17.2. The summed E-state index contributed by atoms with van der Waals surface area (Å²) >= 11 is 0. The number of piperazine rings is 1. The van der Waals surface area contributed by atoms with Crippen LogP contribution in [0, 0.1) is 17.8 Å². The van der Waals surface area contributed by atoms with Crippen molar-refractivity contribution in [2.45, 2.75) is 83.2 Å². The summed E-state index contributed by atoms with van der Waals surface area (Å²) in [6, 6.07) is 15.0. The monoisotopic (exact) mass is 851 g/mol. The van der Waals surface area contributed by atoms with Crippen molar-refractivity contribution in [2.75, 3.05) is 57.3 Å². The van der Waals surface area contributed by atoms with E-state index in [4.69, 9.17) is 0 Å². The van der Waals surface area contributed by atoms with Crippen molar-refractivity contribution in [3.05, 3.63) is 94.8 Å². The fraction of sp³-hybridized carbons (Fsp3) is 0.449. The van der Waals surface area contributed by atoms with Gasteiger partial charge >= 0.3 is 0 Å². The summed E-state index contributed by atoms with van der Waals surface area (Å²) in [4.78, 5) is 75.6. The summed E-state index contributed by atoms with van der Waals surface area (Å²) in [5.74, 6) is 6.34. The Balaban J connectivity index is 0.671. The average molecular weight is 852 g/mol. The van der Waals surface area contributed by atoms with Crippen molar-refractivity contribution in [3.63, 3.8) is 0 Å². The number of nitrogens with one attached hydrogen (secondary N) is 3. The van der Waals surface area contributed by atoms with Gasteiger partial charge in [-0.2, -0.15) is 5.10 Å². The van der Waals surface area contributed by atoms with Gasteiger partial charge in [-0.15, -0.1) is 0 Å². The first-order valence-corrected chi connectivity index (χ1v) is 22.7. The maximum absolute atomic E-state index is 13.4. The number of hydrogen-bond acceptors (Lipinski definition) is 9. The normalized spacial score (nSPS) is 18.4. The van der Waals surface area contributed by atoms with Crippen LogP contribution in [0.5, 0.6) is 0 Å². The molecule has 1 atom stereocenters. The number of hydrogen-bond donors (Lipinski definition) is 3. The highest BCUT2D eigenvalue weighted by molar-refractivity contribution is 6.05. The number of carbonyl (C=O) groups excluding carboxylic acids is 5. The lowest BCUT2D eigenvalue weighted by atomic mass is 9.91. The molecule has 6 heterocycles. The highest BCUT2D eigenvalue weighted by atomic mass is 16.2. The van der Waals surface area contributed by atoms with E-state index in [1.165, 1.54) is 0 Å². The molecule has 0 bridgehead atoms. The summed E-state index contributed by atoms with van der Waals surface area (Å²) in [6.45, 7) is 7.57. The quantitative estimate of drug-likeness (QED) is 0.0623. The number of imide groups is 1. The lowest BCUT2D eigenvalue weighted by Gasteiger charge is -2.36. The van der Waals surface area contributed by atoms with Gasteiger partial charge in [-0.25, -0.2) is 4.98 Å². The van der Waals surface area contributed by atoms with E-state index in [1.54, 1.807) is 35.5 Å². The van der Waals surface area contributed by atoms with Gasteiger partial charge in [-0.05, 0) is 111 Å². The Labute approximate surface area is 368 Å². The van der Waals surface area contributed by atoms with E-state index < -0.39 is 11.9 Å². The fourth-order valence-electron chi connectivity index (χ4n) is 9.18. The number of anilines is 1. The third-order valence-electron chi connectivity index (χ3n) is 12.9. The molecule has 5 amide bonds. The van der Waals surface area contributed by atoms with Gasteiger partial charge in [0.15, 0.2) is 5.65 Å². The first-order valence-electron chi connectivity index (χ1n) is 22.7. The zero-order valence-electron chi connectivity index (χ0n) is 35.9. The Kier molecular flexibility index (Phi) is 14.2. The number of pyridine rings is 1. The maximum atomic E-state index is 13.4. The van der Waals surface area contributed by atoms with Crippen LogP contribution in [-0.4, -0.2) is 118 Å². The summed E-state index contributed by atoms with van der Waals surface area (Å²) < 4.78 is 0. The topological polar surface area (TPSA) is 164 Å². The number of unbranched alkanes of at least 4 members (excludes halogenated alkanes) is 4. The molecule has 63 heavy (non-hydrogen) atoms. The van der Waals surface area contributed by atoms with Crippen molar-refractivity contribution in [2.24, 2.45) is 5.92 Å². The lowest BCUT2D eigenvalue weighted by Crippen LogP contribution is -2.52. The Morgan fingerprint density at radius 2 is 1.71 bits per heavy atom. The molecule has 3 saturated heterocycles. The SMILES string of the molecule is O=C(/C=C/c1cnc2[nH]ncc2c1)NCCCCC1CCN(C(=O)c2ccc(N3CCN(CCCCCC#Cc4cccc5c4CN(C4CCC(=O)NC4=O)C5=O)CC3)cc2)CC1. The Morgan fingerprint density at radius 1 is 0.889 bits per heavy atom. The number of benzene rings is 2. The van der Waals surface area contributed by atoms with E-state index in [1.807, 2.05) is 35.2 Å². The molecule has 4 aliphatic heterocycles. The molecule has 3 N–H and O–H groups in total. The lowest BCUT2D eigenvalue weighted by molar-refractivity contribution is -0.137. The van der Waals surface area contributed by atoms with Gasteiger partial charge in [0.25, 0.3) is 11.8 Å². The second-order valence-corrected chi connectivity index (χ2v) is 17.2. The molecule has 328 valence electrons. The van der Waals surface area contributed by atoms with Crippen molar-refractivity contribution >= 4 is 52.3 Å². The second kappa shape index (κ2) is 20.7. The first-order chi connectivity index (χ1) is 30.8. The van der Waals surface area contributed by atoms with Crippen molar-refractivity contribution in [1.82, 2.24) is 40.5 Å². The number of aromatic amines is 1. The largest absolute Gasteiger partial charge is 0.369 e. The molecule has 3 fully saturated rings. The average Bonchev–Trinajstić information content (AvgIpc) is 3.92. The van der Waals surface area contributed by atoms with E-state index in [0.717, 1.165) is 143 Å². The Bertz CT molecular complexity index is 2380. The standard InChI is InChI=1S/C49H57N9O5/c59-44(19-13-36-31-39-33-52-54-46(39)51-32-36)50-23-6-5-9-35-21-25-57(26-22-35)48(62)38-14-16-40(17-15-38)56-29-27-55(28-30-56)24-7-3-1-2-4-10-37-11-8-12-41-42(37)34-58(49(41)63)43-18-20-45(60)53-47(43)61/h8,11-17,19,31-33,35,43H,1-3,5-7,9,18,20-30,34H2,(H,50,59)(H,51,52,54)(H,53,60,61)/b19-13+. The molecule has 0 radical (unpaired) electrons. The minimum atomic E-state index is -0.627. The predicted molar refractivity (Wildman–Crippen MR) is 241 cm³/mol. The van der Waals surface area contributed by atoms with Gasteiger partial charge in [-0.1, -0.05) is 37.2 Å². The van der Waals surface area contributed by atoms with Crippen molar-refractivity contribution < 1.29 is 24.0 Å². The van der Waals surface area contributed by atoms with Crippen LogP contribution >= 0.6 is 0 Å². The molecule has 2 aromatic heterocycles. The number of rotatable bonds is 15. The highest BCUT2D eigenvalue weighted by Crippen LogP contribution is 2.30. The number of H-pyrrole nitrogens is 1. The van der Waals surface area contributed by atoms with Crippen LogP contribution in [0.15, 0.2) is 67.0 Å². The smallest absolute Gasteiger partial charge is 0.255 e. The highest BCUT2D eigenvalue weighted by Gasteiger charge is 2.39. The first kappa shape index (κ1) is 43.3. The molecule has 1 unspecified atom stereocenters. The molecule has 4 aliphatic rings. The number of aromatic nitrogens is 3. The molecule has 8 rings (SSSR count). The number of amides is 5. The number of fused-ring (bicyclic) bond motifs is 2. The summed E-state index contributed by atoms with van der Waals surface area (Å²) in [6.07, 6.45) is 16.5. The molecular weight excluding hydrogens is 795 g/mol. The molecule has 4 aromatic rings. The van der Waals surface area contributed by atoms with Crippen LogP contribution in [0.25, 0.3) is 17.1 Å². The molecular formula is C49H57N9O5. The minimum Gasteiger partial charge on any atom is -0.369 e. The van der Waals surface area contributed by atoms with Gasteiger partial charge in [0, 0.05) is 105 Å².